The Morgan fingerprint density at radius 1 is 1.89 bits per heavy atom. The Bertz CT molecular complexity index is 173. The van der Waals surface area contributed by atoms with Crippen LogP contribution in [0.3, 0.4) is 0 Å². The molecular weight excluding hydrogens is 134 g/mol. The molecule has 2 nitrogen and oxygen atoms in total. The molecule has 0 aromatic rings. The Morgan fingerprint density at radius 3 is 3.11 bits per heavy atom. The van der Waals surface area contributed by atoms with E-state index in [1.807, 2.05) is 18.4 Å². The molecule has 0 bridgehead atoms. The third-order valence-corrected chi connectivity index (χ3v) is 2.29. The van der Waals surface area contributed by atoms with Crippen LogP contribution in [0.1, 0.15) is 13.3 Å². The van der Waals surface area contributed by atoms with Crippen LogP contribution >= 0.6 is 11.8 Å². The van der Waals surface area contributed by atoms with Crippen molar-refractivity contribution in [2.45, 2.75) is 18.2 Å². The Morgan fingerprint density at radius 2 is 2.67 bits per heavy atom. The monoisotopic (exact) mass is 141 g/mol. The second-order valence-corrected chi connectivity index (χ2v) is 3.46. The summed E-state index contributed by atoms with van der Waals surface area (Å²) in [6.45, 7) is 1.92. The average Bonchev–Trinajstić information content (AvgIpc) is 2.16. The smallest absolute Gasteiger partial charge is 0.211 e. The highest BCUT2D eigenvalue weighted by molar-refractivity contribution is 8.03. The summed E-state index contributed by atoms with van der Waals surface area (Å²) in [5.41, 5.74) is 0. The van der Waals surface area contributed by atoms with E-state index >= 15 is 0 Å². The van der Waals surface area contributed by atoms with Gasteiger partial charge in [-0.2, -0.15) is 4.99 Å². The zero-order chi connectivity index (χ0) is 6.74. The first-order valence-electron chi connectivity index (χ1n) is 2.69. The van der Waals surface area contributed by atoms with E-state index in [0.29, 0.717) is 0 Å². The molecule has 0 amide bonds. The first kappa shape index (κ1) is 6.59. The second-order valence-electron chi connectivity index (χ2n) is 2.07. The van der Waals surface area contributed by atoms with Crippen molar-refractivity contribution in [3.8, 4) is 0 Å². The lowest BCUT2D eigenvalue weighted by atomic mass is 10.2. The van der Waals surface area contributed by atoms with Crippen LogP contribution in [0.15, 0.2) is 16.5 Å². The topological polar surface area (TPSA) is 29.4 Å². The van der Waals surface area contributed by atoms with Gasteiger partial charge in [-0.1, -0.05) is 6.08 Å². The third-order valence-electron chi connectivity index (χ3n) is 1.20. The Hall–Kier alpha value is -0.530. The van der Waals surface area contributed by atoms with Gasteiger partial charge in [0.25, 0.3) is 0 Å². The van der Waals surface area contributed by atoms with Crippen molar-refractivity contribution in [2.75, 3.05) is 0 Å². The second kappa shape index (κ2) is 2.38. The summed E-state index contributed by atoms with van der Waals surface area (Å²) < 4.78 is 0. The van der Waals surface area contributed by atoms with Crippen molar-refractivity contribution < 1.29 is 4.79 Å². The van der Waals surface area contributed by atoms with Crippen LogP contribution in [0.2, 0.25) is 0 Å². The highest BCUT2D eigenvalue weighted by Crippen LogP contribution is 2.36. The summed E-state index contributed by atoms with van der Waals surface area (Å²) in [6, 6.07) is 0. The minimum atomic E-state index is -0.248. The first-order valence-corrected chi connectivity index (χ1v) is 3.57. The molecule has 1 heterocycles. The molecule has 0 fully saturated rings. The van der Waals surface area contributed by atoms with E-state index in [4.69, 9.17) is 0 Å². The fourth-order valence-electron chi connectivity index (χ4n) is 0.678. The number of isocyanates is 1. The SMILES string of the molecule is CC1(N=C=O)CC=CS1. The minimum absolute atomic E-state index is 0.248. The fraction of sp³-hybridized carbons (Fsp3) is 0.500. The Labute approximate surface area is 58.0 Å². The predicted octanol–water partition coefficient (Wildman–Crippen LogP) is 1.69. The summed E-state index contributed by atoms with van der Waals surface area (Å²) in [6.07, 6.45) is 4.41. The third kappa shape index (κ3) is 1.44. The van der Waals surface area contributed by atoms with E-state index in [1.54, 1.807) is 17.8 Å². The summed E-state index contributed by atoms with van der Waals surface area (Å²) in [7, 11) is 0. The van der Waals surface area contributed by atoms with Crippen LogP contribution in [0.25, 0.3) is 0 Å². The van der Waals surface area contributed by atoms with E-state index in [-0.39, 0.29) is 4.87 Å². The van der Waals surface area contributed by atoms with Crippen molar-refractivity contribution in [2.24, 2.45) is 4.99 Å². The molecule has 1 aliphatic rings. The van der Waals surface area contributed by atoms with E-state index < -0.39 is 0 Å². The Balaban J connectivity index is 2.65. The molecule has 0 spiro atoms. The number of nitrogens with zero attached hydrogens (tertiary/aromatic N) is 1. The molecule has 1 rings (SSSR count). The Kier molecular flexibility index (Phi) is 1.74. The molecule has 0 aromatic carbocycles. The van der Waals surface area contributed by atoms with Gasteiger partial charge in [0, 0.05) is 6.42 Å². The van der Waals surface area contributed by atoms with E-state index in [0.717, 1.165) is 6.42 Å². The van der Waals surface area contributed by atoms with Crippen molar-refractivity contribution in [1.82, 2.24) is 0 Å². The van der Waals surface area contributed by atoms with Crippen LogP contribution in [0.4, 0.5) is 0 Å². The fourth-order valence-corrected chi connectivity index (χ4v) is 1.45. The number of rotatable bonds is 1. The van der Waals surface area contributed by atoms with Gasteiger partial charge < -0.3 is 0 Å². The molecule has 9 heavy (non-hydrogen) atoms. The largest absolute Gasteiger partial charge is 0.236 e. The average molecular weight is 141 g/mol. The van der Waals surface area contributed by atoms with Gasteiger partial charge in [-0.25, -0.2) is 4.79 Å². The molecule has 1 aliphatic heterocycles. The van der Waals surface area contributed by atoms with Crippen molar-refractivity contribution >= 4 is 17.8 Å². The lowest BCUT2D eigenvalue weighted by Gasteiger charge is -2.12. The van der Waals surface area contributed by atoms with Crippen LogP contribution < -0.4 is 0 Å². The van der Waals surface area contributed by atoms with Gasteiger partial charge in [-0.3, -0.25) is 0 Å². The van der Waals surface area contributed by atoms with E-state index in [9.17, 15) is 4.79 Å². The molecule has 0 N–H and O–H groups in total. The highest BCUT2D eigenvalue weighted by atomic mass is 32.2. The first-order chi connectivity index (χ1) is 4.27. The molecule has 0 saturated heterocycles. The molecule has 1 unspecified atom stereocenters. The zero-order valence-corrected chi connectivity index (χ0v) is 5.94. The number of hydrogen-bond acceptors (Lipinski definition) is 3. The summed E-state index contributed by atoms with van der Waals surface area (Å²) >= 11 is 1.56. The van der Waals surface area contributed by atoms with Gasteiger partial charge >= 0.3 is 0 Å². The molecular formula is C6H7NOS. The predicted molar refractivity (Wildman–Crippen MR) is 37.9 cm³/mol. The maximum atomic E-state index is 9.83. The van der Waals surface area contributed by atoms with Crippen molar-refractivity contribution in [1.29, 1.82) is 0 Å². The quantitative estimate of drug-likeness (QED) is 0.411. The van der Waals surface area contributed by atoms with Gasteiger partial charge in [0.05, 0.1) is 0 Å². The summed E-state index contributed by atoms with van der Waals surface area (Å²) in [5.74, 6) is 0. The lowest BCUT2D eigenvalue weighted by Crippen LogP contribution is -2.10. The standard InChI is InChI=1S/C6H7NOS/c1-6(7-5-8)3-2-4-9-6/h2,4H,3H2,1H3. The molecule has 3 heteroatoms. The number of hydrogen-bond donors (Lipinski definition) is 0. The van der Waals surface area contributed by atoms with Crippen LogP contribution in [0.5, 0.6) is 0 Å². The molecule has 0 aromatic heterocycles. The highest BCUT2D eigenvalue weighted by Gasteiger charge is 2.24. The zero-order valence-electron chi connectivity index (χ0n) is 5.13. The van der Waals surface area contributed by atoms with Crippen molar-refractivity contribution in [3.05, 3.63) is 11.5 Å². The molecule has 0 saturated carbocycles. The molecule has 0 aliphatic carbocycles. The van der Waals surface area contributed by atoms with E-state index in [2.05, 4.69) is 4.99 Å². The maximum absolute atomic E-state index is 9.83. The van der Waals surface area contributed by atoms with Crippen LogP contribution in [-0.4, -0.2) is 11.0 Å². The summed E-state index contributed by atoms with van der Waals surface area (Å²) in [4.78, 5) is 13.2. The van der Waals surface area contributed by atoms with E-state index in [1.165, 1.54) is 0 Å². The lowest BCUT2D eigenvalue weighted by molar-refractivity contribution is 0.555. The molecule has 0 radical (unpaired) electrons. The normalized spacial score (nSPS) is 32.1. The van der Waals surface area contributed by atoms with Gasteiger partial charge in [-0.15, -0.1) is 11.8 Å². The maximum Gasteiger partial charge on any atom is 0.236 e. The minimum Gasteiger partial charge on any atom is -0.211 e. The number of thioether (sulfide) groups is 1. The van der Waals surface area contributed by atoms with Gasteiger partial charge in [-0.05, 0) is 12.3 Å². The molecule has 48 valence electrons. The number of carbonyl (C=O) groups excluding carboxylic acids is 1. The van der Waals surface area contributed by atoms with Crippen LogP contribution in [0, 0.1) is 0 Å². The number of aliphatic imine (C=N–C) groups is 1. The molecule has 1 atom stereocenters. The van der Waals surface area contributed by atoms with Crippen molar-refractivity contribution in [3.63, 3.8) is 0 Å². The van der Waals surface area contributed by atoms with Gasteiger partial charge in [0.15, 0.2) is 0 Å². The van der Waals surface area contributed by atoms with Gasteiger partial charge in [0.2, 0.25) is 6.08 Å². The summed E-state index contributed by atoms with van der Waals surface area (Å²) in [5, 5.41) is 1.96. The van der Waals surface area contributed by atoms with Gasteiger partial charge in [0.1, 0.15) is 4.87 Å². The van der Waals surface area contributed by atoms with Crippen LogP contribution in [-0.2, 0) is 4.79 Å².